The Morgan fingerprint density at radius 3 is 2.50 bits per heavy atom. The second kappa shape index (κ2) is 7.50. The molecule has 26 heavy (non-hydrogen) atoms. The van der Waals surface area contributed by atoms with E-state index in [1.54, 1.807) is 17.5 Å². The molecule has 0 aliphatic carbocycles. The van der Waals surface area contributed by atoms with Crippen molar-refractivity contribution in [2.45, 2.75) is 13.5 Å². The van der Waals surface area contributed by atoms with Gasteiger partial charge < -0.3 is 0 Å². The molecule has 4 rings (SSSR count). The van der Waals surface area contributed by atoms with Crippen LogP contribution >= 0.6 is 11.3 Å². The molecule has 0 aliphatic rings. The molecule has 0 amide bonds. The van der Waals surface area contributed by atoms with Gasteiger partial charge in [0.25, 0.3) is 0 Å². The molecule has 4 heteroatoms. The molecule has 0 N–H and O–H groups in total. The highest BCUT2D eigenvalue weighted by atomic mass is 32.1. The van der Waals surface area contributed by atoms with Gasteiger partial charge in [-0.15, -0.1) is 11.3 Å². The first kappa shape index (κ1) is 16.5. The third-order valence-electron chi connectivity index (χ3n) is 4.19. The first-order chi connectivity index (χ1) is 12.8. The zero-order valence-electron chi connectivity index (χ0n) is 14.5. The fraction of sp³-hybridized carbons (Fsp3) is 0.0909. The van der Waals surface area contributed by atoms with Gasteiger partial charge in [0.2, 0.25) is 0 Å². The SMILES string of the molecule is Cc1ccc(-c2csc(=NCc3cccnc3)n2-c2ccccc2)cc1. The normalized spacial score (nSPS) is 11.7. The van der Waals surface area contributed by atoms with Gasteiger partial charge in [0.05, 0.1) is 12.2 Å². The fourth-order valence-electron chi connectivity index (χ4n) is 2.82. The Morgan fingerprint density at radius 1 is 0.962 bits per heavy atom. The van der Waals surface area contributed by atoms with Gasteiger partial charge in [-0.25, -0.2) is 0 Å². The van der Waals surface area contributed by atoms with E-state index in [1.807, 2.05) is 18.3 Å². The predicted octanol–water partition coefficient (Wildman–Crippen LogP) is 5.01. The van der Waals surface area contributed by atoms with Crippen molar-refractivity contribution in [2.24, 2.45) is 4.99 Å². The van der Waals surface area contributed by atoms with Crippen LogP contribution in [0, 0.1) is 6.92 Å². The number of aryl methyl sites for hydroxylation is 1. The van der Waals surface area contributed by atoms with Crippen molar-refractivity contribution < 1.29 is 0 Å². The van der Waals surface area contributed by atoms with Crippen molar-refractivity contribution >= 4 is 11.3 Å². The minimum Gasteiger partial charge on any atom is -0.285 e. The van der Waals surface area contributed by atoms with Gasteiger partial charge in [-0.1, -0.05) is 54.1 Å². The highest BCUT2D eigenvalue weighted by Crippen LogP contribution is 2.23. The van der Waals surface area contributed by atoms with Crippen LogP contribution in [-0.4, -0.2) is 9.55 Å². The van der Waals surface area contributed by atoms with Gasteiger partial charge >= 0.3 is 0 Å². The van der Waals surface area contributed by atoms with E-state index in [2.05, 4.69) is 76.5 Å². The molecule has 0 fully saturated rings. The molecule has 3 nitrogen and oxygen atoms in total. The van der Waals surface area contributed by atoms with Crippen LogP contribution in [0.2, 0.25) is 0 Å². The highest BCUT2D eigenvalue weighted by Gasteiger charge is 2.09. The lowest BCUT2D eigenvalue weighted by atomic mass is 10.1. The molecule has 0 saturated carbocycles. The van der Waals surface area contributed by atoms with Crippen LogP contribution < -0.4 is 4.80 Å². The van der Waals surface area contributed by atoms with Gasteiger partial charge in [0.15, 0.2) is 4.80 Å². The number of thiazole rings is 1. The number of para-hydroxylation sites is 1. The summed E-state index contributed by atoms with van der Waals surface area (Å²) in [5.74, 6) is 0. The molecule has 128 valence electrons. The molecule has 0 bridgehead atoms. The Labute approximate surface area is 157 Å². The maximum Gasteiger partial charge on any atom is 0.190 e. The third-order valence-corrected chi connectivity index (χ3v) is 5.05. The first-order valence-corrected chi connectivity index (χ1v) is 9.41. The molecular formula is C22H19N3S. The summed E-state index contributed by atoms with van der Waals surface area (Å²) in [6.45, 7) is 2.73. The van der Waals surface area contributed by atoms with Crippen LogP contribution in [0.3, 0.4) is 0 Å². The van der Waals surface area contributed by atoms with Crippen LogP contribution in [0.1, 0.15) is 11.1 Å². The zero-order valence-corrected chi connectivity index (χ0v) is 15.4. The van der Waals surface area contributed by atoms with Crippen LogP contribution in [0.5, 0.6) is 0 Å². The molecule has 2 heterocycles. The predicted molar refractivity (Wildman–Crippen MR) is 107 cm³/mol. The number of nitrogens with zero attached hydrogens (tertiary/aromatic N) is 3. The summed E-state index contributed by atoms with van der Waals surface area (Å²) >= 11 is 1.67. The van der Waals surface area contributed by atoms with E-state index in [-0.39, 0.29) is 0 Å². The summed E-state index contributed by atoms with van der Waals surface area (Å²) in [5.41, 5.74) is 5.84. The molecule has 0 spiro atoms. The molecule has 0 radical (unpaired) electrons. The quantitative estimate of drug-likeness (QED) is 0.505. The number of aromatic nitrogens is 2. The minimum atomic E-state index is 0.620. The number of benzene rings is 2. The van der Waals surface area contributed by atoms with E-state index in [0.29, 0.717) is 6.54 Å². The lowest BCUT2D eigenvalue weighted by Crippen LogP contribution is -2.14. The van der Waals surface area contributed by atoms with Crippen LogP contribution in [-0.2, 0) is 6.54 Å². The maximum absolute atomic E-state index is 4.86. The molecule has 4 aromatic rings. The summed E-state index contributed by atoms with van der Waals surface area (Å²) in [4.78, 5) is 10.0. The zero-order chi connectivity index (χ0) is 17.8. The average Bonchev–Trinajstić information content (AvgIpc) is 3.12. The summed E-state index contributed by atoms with van der Waals surface area (Å²) < 4.78 is 2.23. The molecule has 2 aromatic carbocycles. The lowest BCUT2D eigenvalue weighted by Gasteiger charge is -2.09. The van der Waals surface area contributed by atoms with Crippen molar-refractivity contribution in [2.75, 3.05) is 0 Å². The van der Waals surface area contributed by atoms with Crippen molar-refractivity contribution in [3.05, 3.63) is 100 Å². The van der Waals surface area contributed by atoms with Gasteiger partial charge in [0.1, 0.15) is 0 Å². The van der Waals surface area contributed by atoms with E-state index in [0.717, 1.165) is 21.7 Å². The van der Waals surface area contributed by atoms with Crippen LogP contribution in [0.25, 0.3) is 16.9 Å². The van der Waals surface area contributed by atoms with Crippen molar-refractivity contribution in [1.82, 2.24) is 9.55 Å². The van der Waals surface area contributed by atoms with E-state index < -0.39 is 0 Å². The Bertz CT molecular complexity index is 1050. The molecule has 0 saturated heterocycles. The van der Waals surface area contributed by atoms with Gasteiger partial charge in [-0.2, -0.15) is 0 Å². The van der Waals surface area contributed by atoms with Gasteiger partial charge in [-0.3, -0.25) is 14.5 Å². The van der Waals surface area contributed by atoms with E-state index in [1.165, 1.54) is 11.1 Å². The second-order valence-electron chi connectivity index (χ2n) is 6.12. The van der Waals surface area contributed by atoms with Crippen LogP contribution in [0.4, 0.5) is 0 Å². The molecular weight excluding hydrogens is 338 g/mol. The first-order valence-electron chi connectivity index (χ1n) is 8.54. The standard InChI is InChI=1S/C22H19N3S/c1-17-9-11-19(12-10-17)21-16-26-22(24-15-18-6-5-13-23-14-18)25(21)20-7-3-2-4-8-20/h2-14,16H,15H2,1H3. The van der Waals surface area contributed by atoms with E-state index >= 15 is 0 Å². The minimum absolute atomic E-state index is 0.620. The maximum atomic E-state index is 4.86. The van der Waals surface area contributed by atoms with E-state index in [4.69, 9.17) is 4.99 Å². The largest absolute Gasteiger partial charge is 0.285 e. The number of hydrogen-bond donors (Lipinski definition) is 0. The average molecular weight is 357 g/mol. The third kappa shape index (κ3) is 3.51. The Balaban J connectivity index is 1.83. The van der Waals surface area contributed by atoms with Crippen molar-refractivity contribution in [3.63, 3.8) is 0 Å². The molecule has 0 aliphatic heterocycles. The van der Waals surface area contributed by atoms with Gasteiger partial charge in [-0.05, 0) is 36.2 Å². The fourth-order valence-corrected chi connectivity index (χ4v) is 3.73. The summed E-state index contributed by atoms with van der Waals surface area (Å²) in [6, 6.07) is 23.0. The lowest BCUT2D eigenvalue weighted by molar-refractivity contribution is 0.923. The summed E-state index contributed by atoms with van der Waals surface area (Å²) in [7, 11) is 0. The molecule has 2 aromatic heterocycles. The summed E-state index contributed by atoms with van der Waals surface area (Å²) in [6.07, 6.45) is 3.65. The Kier molecular flexibility index (Phi) is 4.75. The monoisotopic (exact) mass is 357 g/mol. The van der Waals surface area contributed by atoms with Crippen molar-refractivity contribution in [1.29, 1.82) is 0 Å². The Morgan fingerprint density at radius 2 is 1.77 bits per heavy atom. The summed E-state index contributed by atoms with van der Waals surface area (Å²) in [5, 5.41) is 2.18. The van der Waals surface area contributed by atoms with Crippen LogP contribution in [0.15, 0.2) is 89.5 Å². The number of rotatable bonds is 4. The second-order valence-corrected chi connectivity index (χ2v) is 6.95. The smallest absolute Gasteiger partial charge is 0.190 e. The number of hydrogen-bond acceptors (Lipinski definition) is 3. The highest BCUT2D eigenvalue weighted by molar-refractivity contribution is 7.07. The number of pyridine rings is 1. The van der Waals surface area contributed by atoms with E-state index in [9.17, 15) is 0 Å². The Hall–Kier alpha value is -2.98. The van der Waals surface area contributed by atoms with Gasteiger partial charge in [0, 0.05) is 23.5 Å². The molecule has 0 unspecified atom stereocenters. The van der Waals surface area contributed by atoms with Crippen molar-refractivity contribution in [3.8, 4) is 16.9 Å². The topological polar surface area (TPSA) is 30.2 Å². The molecule has 0 atom stereocenters.